The van der Waals surface area contributed by atoms with Crippen LogP contribution in [0.1, 0.15) is 17.7 Å². The topological polar surface area (TPSA) is 79.0 Å². The number of aromatic nitrogens is 4. The third-order valence-electron chi connectivity index (χ3n) is 5.75. The molecule has 6 heteroatoms. The van der Waals surface area contributed by atoms with Crippen molar-refractivity contribution in [1.29, 1.82) is 0 Å². The van der Waals surface area contributed by atoms with E-state index >= 15 is 0 Å². The zero-order valence-electron chi connectivity index (χ0n) is 16.2. The SMILES string of the molecule is COc1ccc2[nH]c(C)c(-c3nc4c5c(c6ncccc6c4[nH]3)N=CCC5)c2c1. The molecule has 0 spiro atoms. The smallest absolute Gasteiger partial charge is 0.140 e. The van der Waals surface area contributed by atoms with E-state index in [2.05, 4.69) is 39.0 Å². The third kappa shape index (κ3) is 2.26. The average molecular weight is 381 g/mol. The van der Waals surface area contributed by atoms with Crippen molar-refractivity contribution in [2.24, 2.45) is 4.99 Å². The highest BCUT2D eigenvalue weighted by atomic mass is 16.5. The first-order chi connectivity index (χ1) is 14.2. The second-order valence-corrected chi connectivity index (χ2v) is 7.42. The molecule has 2 aromatic carbocycles. The Hall–Kier alpha value is -3.67. The van der Waals surface area contributed by atoms with E-state index < -0.39 is 0 Å². The van der Waals surface area contributed by atoms with Crippen molar-refractivity contribution in [2.75, 3.05) is 7.11 Å². The largest absolute Gasteiger partial charge is 0.497 e. The molecule has 0 saturated carbocycles. The van der Waals surface area contributed by atoms with E-state index in [0.717, 1.165) is 74.2 Å². The summed E-state index contributed by atoms with van der Waals surface area (Å²) in [6, 6.07) is 10.1. The lowest BCUT2D eigenvalue weighted by Gasteiger charge is -2.12. The van der Waals surface area contributed by atoms with E-state index in [0.29, 0.717) is 0 Å². The molecule has 6 rings (SSSR count). The minimum absolute atomic E-state index is 0.829. The molecule has 0 saturated heterocycles. The number of aryl methyl sites for hydroxylation is 2. The fourth-order valence-electron chi connectivity index (χ4n) is 4.43. The Kier molecular flexibility index (Phi) is 3.32. The Bertz CT molecular complexity index is 1460. The number of aromatic amines is 2. The van der Waals surface area contributed by atoms with Gasteiger partial charge in [-0.15, -0.1) is 0 Å². The molecule has 2 N–H and O–H groups in total. The number of hydrogen-bond donors (Lipinski definition) is 2. The number of nitrogens with zero attached hydrogens (tertiary/aromatic N) is 3. The standard InChI is InChI=1S/C23H19N5O/c1-12-18(16-11-13(29-2)7-8-17(16)26-12)23-27-21-14-5-3-9-24-19(14)20-15(22(21)28-23)6-4-10-25-20/h3,5,7-11,26H,4,6H2,1-2H3,(H,27,28). The van der Waals surface area contributed by atoms with E-state index in [1.165, 1.54) is 5.56 Å². The van der Waals surface area contributed by atoms with E-state index in [4.69, 9.17) is 9.72 Å². The minimum Gasteiger partial charge on any atom is -0.497 e. The van der Waals surface area contributed by atoms with Crippen molar-refractivity contribution in [1.82, 2.24) is 19.9 Å². The minimum atomic E-state index is 0.829. The highest BCUT2D eigenvalue weighted by Gasteiger charge is 2.22. The summed E-state index contributed by atoms with van der Waals surface area (Å²) in [6.07, 6.45) is 5.65. The van der Waals surface area contributed by atoms with Gasteiger partial charge in [0.05, 0.1) is 29.3 Å². The monoisotopic (exact) mass is 381 g/mol. The number of pyridine rings is 1. The first-order valence-corrected chi connectivity index (χ1v) is 9.73. The van der Waals surface area contributed by atoms with Crippen LogP contribution in [0.25, 0.3) is 44.2 Å². The summed E-state index contributed by atoms with van der Waals surface area (Å²) in [7, 11) is 1.69. The highest BCUT2D eigenvalue weighted by Crippen LogP contribution is 2.40. The van der Waals surface area contributed by atoms with Gasteiger partial charge in [0.15, 0.2) is 0 Å². The van der Waals surface area contributed by atoms with Gasteiger partial charge in [-0.05, 0) is 50.1 Å². The third-order valence-corrected chi connectivity index (χ3v) is 5.75. The van der Waals surface area contributed by atoms with Crippen molar-refractivity contribution in [3.05, 3.63) is 47.8 Å². The molecule has 0 atom stereocenters. The van der Waals surface area contributed by atoms with Gasteiger partial charge in [-0.3, -0.25) is 9.98 Å². The van der Waals surface area contributed by atoms with Crippen LogP contribution in [-0.4, -0.2) is 33.3 Å². The van der Waals surface area contributed by atoms with Gasteiger partial charge >= 0.3 is 0 Å². The van der Waals surface area contributed by atoms with E-state index in [-0.39, 0.29) is 0 Å². The van der Waals surface area contributed by atoms with Crippen molar-refractivity contribution < 1.29 is 4.74 Å². The van der Waals surface area contributed by atoms with Gasteiger partial charge in [0, 0.05) is 45.5 Å². The van der Waals surface area contributed by atoms with Gasteiger partial charge in [0.1, 0.15) is 11.6 Å². The molecule has 0 amide bonds. The summed E-state index contributed by atoms with van der Waals surface area (Å²) in [5.74, 6) is 1.68. The summed E-state index contributed by atoms with van der Waals surface area (Å²) in [5.41, 5.74) is 8.28. The molecule has 0 aliphatic carbocycles. The molecule has 5 aromatic rings. The van der Waals surface area contributed by atoms with E-state index in [9.17, 15) is 0 Å². The lowest BCUT2D eigenvalue weighted by molar-refractivity contribution is 0.415. The maximum Gasteiger partial charge on any atom is 0.140 e. The predicted octanol–water partition coefficient (Wildman–Crippen LogP) is 5.22. The van der Waals surface area contributed by atoms with Crippen molar-refractivity contribution in [3.63, 3.8) is 0 Å². The lowest BCUT2D eigenvalue weighted by atomic mass is 10.00. The molecule has 0 bridgehead atoms. The van der Waals surface area contributed by atoms with Gasteiger partial charge in [0.2, 0.25) is 0 Å². The van der Waals surface area contributed by atoms with Crippen LogP contribution in [-0.2, 0) is 6.42 Å². The molecular formula is C23H19N5O. The molecular weight excluding hydrogens is 362 g/mol. The number of hydrogen-bond acceptors (Lipinski definition) is 4. The Morgan fingerprint density at radius 3 is 2.90 bits per heavy atom. The molecule has 0 unspecified atom stereocenters. The number of nitrogens with one attached hydrogen (secondary N) is 2. The summed E-state index contributed by atoms with van der Waals surface area (Å²) in [4.78, 5) is 21.4. The second kappa shape index (κ2) is 5.91. The number of H-pyrrole nitrogens is 2. The summed E-state index contributed by atoms with van der Waals surface area (Å²) in [6.45, 7) is 2.08. The zero-order valence-corrected chi connectivity index (χ0v) is 16.2. The second-order valence-electron chi connectivity index (χ2n) is 7.42. The number of rotatable bonds is 2. The van der Waals surface area contributed by atoms with Crippen LogP contribution in [0.2, 0.25) is 0 Å². The Morgan fingerprint density at radius 1 is 1.07 bits per heavy atom. The van der Waals surface area contributed by atoms with Crippen LogP contribution in [0.4, 0.5) is 5.69 Å². The van der Waals surface area contributed by atoms with Crippen molar-refractivity contribution >= 4 is 44.7 Å². The van der Waals surface area contributed by atoms with Crippen LogP contribution in [0.3, 0.4) is 0 Å². The maximum atomic E-state index is 5.44. The Labute approximate surface area is 166 Å². The van der Waals surface area contributed by atoms with Gasteiger partial charge in [0.25, 0.3) is 0 Å². The summed E-state index contributed by atoms with van der Waals surface area (Å²) < 4.78 is 5.44. The molecule has 6 nitrogen and oxygen atoms in total. The molecule has 4 heterocycles. The quantitative estimate of drug-likeness (QED) is 0.440. The number of imidazole rings is 1. The van der Waals surface area contributed by atoms with Gasteiger partial charge in [-0.25, -0.2) is 4.98 Å². The number of benzene rings is 2. The van der Waals surface area contributed by atoms with Gasteiger partial charge in [-0.2, -0.15) is 0 Å². The molecule has 29 heavy (non-hydrogen) atoms. The molecule has 1 aliphatic heterocycles. The zero-order chi connectivity index (χ0) is 19.5. The molecule has 3 aromatic heterocycles. The number of ether oxygens (including phenoxy) is 1. The Morgan fingerprint density at radius 2 is 2.00 bits per heavy atom. The van der Waals surface area contributed by atoms with Crippen molar-refractivity contribution in [2.45, 2.75) is 19.8 Å². The summed E-state index contributed by atoms with van der Waals surface area (Å²) in [5, 5.41) is 2.14. The highest BCUT2D eigenvalue weighted by molar-refractivity contribution is 6.12. The molecule has 1 aliphatic rings. The molecule has 0 fully saturated rings. The number of methoxy groups -OCH3 is 1. The normalized spacial score (nSPS) is 13.4. The fourth-order valence-corrected chi connectivity index (χ4v) is 4.43. The van der Waals surface area contributed by atoms with Gasteiger partial charge < -0.3 is 14.7 Å². The maximum absolute atomic E-state index is 5.44. The first kappa shape index (κ1) is 16.3. The number of fused-ring (bicyclic) bond motifs is 7. The predicted molar refractivity (Wildman–Crippen MR) is 116 cm³/mol. The van der Waals surface area contributed by atoms with Crippen LogP contribution in [0.15, 0.2) is 41.5 Å². The van der Waals surface area contributed by atoms with Crippen LogP contribution < -0.4 is 4.74 Å². The van der Waals surface area contributed by atoms with Crippen LogP contribution in [0.5, 0.6) is 5.75 Å². The van der Waals surface area contributed by atoms with E-state index in [1.807, 2.05) is 30.6 Å². The summed E-state index contributed by atoms with van der Waals surface area (Å²) >= 11 is 0. The van der Waals surface area contributed by atoms with E-state index in [1.54, 1.807) is 7.11 Å². The van der Waals surface area contributed by atoms with Gasteiger partial charge in [-0.1, -0.05) is 0 Å². The van der Waals surface area contributed by atoms with Crippen LogP contribution in [0, 0.1) is 6.92 Å². The molecule has 0 radical (unpaired) electrons. The molecule has 142 valence electrons. The average Bonchev–Trinajstić information content (AvgIpc) is 3.34. The van der Waals surface area contributed by atoms with Crippen molar-refractivity contribution in [3.8, 4) is 17.1 Å². The lowest BCUT2D eigenvalue weighted by Crippen LogP contribution is -1.97. The fraction of sp³-hybridized carbons (Fsp3) is 0.174. The number of aliphatic imine (C=N–C) groups is 1. The first-order valence-electron chi connectivity index (χ1n) is 9.73. The Balaban J connectivity index is 1.71. The van der Waals surface area contributed by atoms with Crippen LogP contribution >= 0.6 is 0 Å².